The monoisotopic (exact) mass is 287 g/mol. The van der Waals surface area contributed by atoms with Crippen molar-refractivity contribution in [3.05, 3.63) is 0 Å². The highest BCUT2D eigenvalue weighted by molar-refractivity contribution is 5.87. The van der Waals surface area contributed by atoms with Crippen LogP contribution in [0.3, 0.4) is 0 Å². The maximum Gasteiger partial charge on any atom is 0.305 e. The molecule has 0 aromatic rings. The van der Waals surface area contributed by atoms with Crippen LogP contribution in [0.2, 0.25) is 0 Å². The average Bonchev–Trinajstić information content (AvgIpc) is 2.38. The number of carboxylic acid groups (broad SMARTS) is 1. The van der Waals surface area contributed by atoms with Crippen molar-refractivity contribution in [1.82, 2.24) is 15.5 Å². The summed E-state index contributed by atoms with van der Waals surface area (Å²) in [6, 6.07) is -0.786. The number of methoxy groups -OCH3 is 1. The summed E-state index contributed by atoms with van der Waals surface area (Å²) in [7, 11) is 1.59. The van der Waals surface area contributed by atoms with E-state index in [1.54, 1.807) is 12.0 Å². The van der Waals surface area contributed by atoms with Gasteiger partial charge in [-0.25, -0.2) is 0 Å². The molecule has 1 rings (SSSR count). The molecule has 1 aliphatic heterocycles. The lowest BCUT2D eigenvalue weighted by molar-refractivity contribution is -0.144. The number of carbonyl (C=O) groups is 3. The van der Waals surface area contributed by atoms with Crippen LogP contribution in [-0.4, -0.2) is 73.7 Å². The lowest BCUT2D eigenvalue weighted by Gasteiger charge is -2.33. The lowest BCUT2D eigenvalue weighted by atomic mass is 10.1. The van der Waals surface area contributed by atoms with Crippen LogP contribution in [0.15, 0.2) is 0 Å². The number of carboxylic acids is 1. The normalized spacial score (nSPS) is 19.4. The van der Waals surface area contributed by atoms with Crippen LogP contribution in [0, 0.1) is 0 Å². The Kier molecular flexibility index (Phi) is 6.96. The van der Waals surface area contributed by atoms with E-state index in [1.165, 1.54) is 0 Å². The molecule has 8 heteroatoms. The van der Waals surface area contributed by atoms with Crippen molar-refractivity contribution < 1.29 is 24.2 Å². The minimum absolute atomic E-state index is 0.0261. The van der Waals surface area contributed by atoms with Crippen LogP contribution >= 0.6 is 0 Å². The van der Waals surface area contributed by atoms with Gasteiger partial charge in [-0.3, -0.25) is 19.3 Å². The van der Waals surface area contributed by atoms with Gasteiger partial charge in [-0.05, 0) is 6.42 Å². The number of piperazine rings is 1. The molecule has 8 nitrogen and oxygen atoms in total. The Hall–Kier alpha value is -1.67. The molecule has 1 atom stereocenters. The summed E-state index contributed by atoms with van der Waals surface area (Å²) in [5.41, 5.74) is 0. The molecule has 1 heterocycles. The first-order valence-electron chi connectivity index (χ1n) is 6.53. The Morgan fingerprint density at radius 2 is 2.30 bits per heavy atom. The zero-order valence-electron chi connectivity index (χ0n) is 11.6. The van der Waals surface area contributed by atoms with E-state index in [9.17, 15) is 14.4 Å². The Bertz CT molecular complexity index is 361. The molecule has 0 spiro atoms. The van der Waals surface area contributed by atoms with Gasteiger partial charge in [0.05, 0.1) is 13.0 Å². The maximum atomic E-state index is 11.7. The smallest absolute Gasteiger partial charge is 0.305 e. The zero-order valence-corrected chi connectivity index (χ0v) is 11.6. The number of amides is 2. The second-order valence-corrected chi connectivity index (χ2v) is 4.57. The quantitative estimate of drug-likeness (QED) is 0.465. The number of nitrogens with one attached hydrogen (secondary N) is 2. The molecule has 2 amide bonds. The first-order chi connectivity index (χ1) is 9.54. The minimum Gasteiger partial charge on any atom is -0.481 e. The van der Waals surface area contributed by atoms with Gasteiger partial charge >= 0.3 is 5.97 Å². The van der Waals surface area contributed by atoms with Crippen LogP contribution in [0.25, 0.3) is 0 Å². The highest BCUT2D eigenvalue weighted by Crippen LogP contribution is 2.08. The number of hydrogen-bond donors (Lipinski definition) is 3. The first kappa shape index (κ1) is 16.4. The van der Waals surface area contributed by atoms with E-state index >= 15 is 0 Å². The molecule has 1 aliphatic rings. The fraction of sp³-hybridized carbons (Fsp3) is 0.750. The second-order valence-electron chi connectivity index (χ2n) is 4.57. The van der Waals surface area contributed by atoms with Gasteiger partial charge in [-0.15, -0.1) is 0 Å². The Morgan fingerprint density at radius 1 is 1.55 bits per heavy atom. The average molecular weight is 287 g/mol. The van der Waals surface area contributed by atoms with Crippen molar-refractivity contribution >= 4 is 17.8 Å². The van der Waals surface area contributed by atoms with Crippen molar-refractivity contribution in [2.24, 2.45) is 0 Å². The Balaban J connectivity index is 2.43. The molecule has 0 bridgehead atoms. The largest absolute Gasteiger partial charge is 0.481 e. The van der Waals surface area contributed by atoms with Crippen molar-refractivity contribution in [2.45, 2.75) is 18.9 Å². The van der Waals surface area contributed by atoms with E-state index < -0.39 is 12.0 Å². The molecular formula is C12H21N3O5. The van der Waals surface area contributed by atoms with Crippen molar-refractivity contribution in [3.63, 3.8) is 0 Å². The van der Waals surface area contributed by atoms with E-state index in [1.807, 2.05) is 0 Å². The fourth-order valence-corrected chi connectivity index (χ4v) is 2.02. The van der Waals surface area contributed by atoms with Gasteiger partial charge in [0.1, 0.15) is 6.04 Å². The molecule has 20 heavy (non-hydrogen) atoms. The van der Waals surface area contributed by atoms with E-state index in [0.29, 0.717) is 32.7 Å². The molecule has 114 valence electrons. The molecule has 0 saturated carbocycles. The van der Waals surface area contributed by atoms with Gasteiger partial charge < -0.3 is 20.5 Å². The van der Waals surface area contributed by atoms with Crippen LogP contribution < -0.4 is 10.6 Å². The lowest BCUT2D eigenvalue weighted by Crippen LogP contribution is -2.57. The number of rotatable bonds is 8. The van der Waals surface area contributed by atoms with E-state index in [0.717, 1.165) is 0 Å². The summed E-state index contributed by atoms with van der Waals surface area (Å²) >= 11 is 0. The van der Waals surface area contributed by atoms with Crippen molar-refractivity contribution in [1.29, 1.82) is 0 Å². The third-order valence-electron chi connectivity index (χ3n) is 3.00. The Labute approximate surface area is 117 Å². The molecule has 3 N–H and O–H groups in total. The van der Waals surface area contributed by atoms with Gasteiger partial charge in [0.2, 0.25) is 11.8 Å². The number of ether oxygens (including phenoxy) is 1. The van der Waals surface area contributed by atoms with E-state index in [4.69, 9.17) is 9.84 Å². The number of hydrogen-bond acceptors (Lipinski definition) is 5. The summed E-state index contributed by atoms with van der Waals surface area (Å²) in [5.74, 6) is -1.62. The molecule has 0 aliphatic carbocycles. The van der Waals surface area contributed by atoms with Gasteiger partial charge in [0.15, 0.2) is 0 Å². The van der Waals surface area contributed by atoms with Crippen molar-refractivity contribution in [2.75, 3.05) is 39.9 Å². The second kappa shape index (κ2) is 8.49. The summed E-state index contributed by atoms with van der Waals surface area (Å²) in [5, 5.41) is 14.1. The van der Waals surface area contributed by atoms with Gasteiger partial charge in [-0.2, -0.15) is 0 Å². The Morgan fingerprint density at radius 3 is 2.95 bits per heavy atom. The van der Waals surface area contributed by atoms with Crippen LogP contribution in [-0.2, 0) is 19.1 Å². The molecule has 0 radical (unpaired) electrons. The predicted octanol–water partition coefficient (Wildman–Crippen LogP) is -1.59. The van der Waals surface area contributed by atoms with Crippen LogP contribution in [0.1, 0.15) is 12.8 Å². The highest BCUT2D eigenvalue weighted by Gasteiger charge is 2.32. The molecule has 0 aromatic heterocycles. The maximum absolute atomic E-state index is 11.7. The van der Waals surface area contributed by atoms with Gasteiger partial charge in [0, 0.05) is 33.4 Å². The highest BCUT2D eigenvalue weighted by atomic mass is 16.5. The molecule has 1 saturated heterocycles. The summed E-state index contributed by atoms with van der Waals surface area (Å²) < 4.78 is 4.87. The van der Waals surface area contributed by atoms with E-state index in [2.05, 4.69) is 10.6 Å². The number of carbonyl (C=O) groups excluding carboxylic acids is 2. The summed E-state index contributed by atoms with van der Waals surface area (Å²) in [6.45, 7) is 1.98. The zero-order chi connectivity index (χ0) is 15.0. The van der Waals surface area contributed by atoms with Gasteiger partial charge in [0.25, 0.3) is 0 Å². The minimum atomic E-state index is -1.06. The van der Waals surface area contributed by atoms with Crippen molar-refractivity contribution in [3.8, 4) is 0 Å². The SMILES string of the molecule is COCCCNC(=O)CN1CCNC(=O)C1CC(=O)O. The summed E-state index contributed by atoms with van der Waals surface area (Å²) in [4.78, 5) is 35.8. The van der Waals surface area contributed by atoms with Gasteiger partial charge in [-0.1, -0.05) is 0 Å². The standard InChI is InChI=1S/C12H21N3O5/c1-20-6-2-3-13-10(16)8-15-5-4-14-12(19)9(15)7-11(17)18/h9H,2-8H2,1H3,(H,13,16)(H,14,19)(H,17,18). The molecular weight excluding hydrogens is 266 g/mol. The topological polar surface area (TPSA) is 108 Å². The summed E-state index contributed by atoms with van der Waals surface area (Å²) in [6.07, 6.45) is 0.407. The number of aliphatic carboxylic acids is 1. The first-order valence-corrected chi connectivity index (χ1v) is 6.53. The molecule has 1 fully saturated rings. The third kappa shape index (κ3) is 5.54. The molecule has 0 aromatic carbocycles. The molecule has 1 unspecified atom stereocenters. The fourth-order valence-electron chi connectivity index (χ4n) is 2.02. The van der Waals surface area contributed by atoms with Crippen LogP contribution in [0.5, 0.6) is 0 Å². The van der Waals surface area contributed by atoms with E-state index in [-0.39, 0.29) is 24.8 Å². The predicted molar refractivity (Wildman–Crippen MR) is 70.1 cm³/mol. The van der Waals surface area contributed by atoms with Crippen LogP contribution in [0.4, 0.5) is 0 Å². The number of nitrogens with zero attached hydrogens (tertiary/aromatic N) is 1. The third-order valence-corrected chi connectivity index (χ3v) is 3.00.